The number of nitrogens with two attached hydrogens (primary N) is 1. The third-order valence-corrected chi connectivity index (χ3v) is 2.08. The Morgan fingerprint density at radius 2 is 1.71 bits per heavy atom. The minimum Gasteiger partial charge on any atom is -0.394 e. The highest BCUT2D eigenvalue weighted by atomic mass is 19.1. The number of benzene rings is 1. The summed E-state index contributed by atoms with van der Waals surface area (Å²) in [6, 6.07) is 4.13. The average Bonchev–Trinajstić information content (AvgIpc) is 2.13. The molecule has 0 saturated heterocycles. The molecule has 0 amide bonds. The molecular weight excluding hydrogens is 186 g/mol. The zero-order chi connectivity index (χ0) is 10.9. The molecule has 0 aliphatic rings. The van der Waals surface area contributed by atoms with E-state index in [4.69, 9.17) is 11.0 Å². The standard InChI is InChI=1S/C10H10F2N2/c1-10(2,5-13)6-3-7(11)9(14)8(12)4-6/h3-4H,14H2,1-2H3. The summed E-state index contributed by atoms with van der Waals surface area (Å²) in [5.74, 6) is -1.66. The van der Waals surface area contributed by atoms with E-state index in [1.165, 1.54) is 0 Å². The summed E-state index contributed by atoms with van der Waals surface area (Å²) in [5.41, 5.74) is 3.95. The molecule has 1 rings (SSSR count). The number of hydrogen-bond donors (Lipinski definition) is 1. The highest BCUT2D eigenvalue weighted by molar-refractivity contribution is 5.46. The first-order chi connectivity index (χ1) is 6.38. The van der Waals surface area contributed by atoms with Crippen LogP contribution in [-0.4, -0.2) is 0 Å². The normalized spacial score (nSPS) is 11.1. The summed E-state index contributed by atoms with van der Waals surface area (Å²) in [7, 11) is 0. The first-order valence-electron chi connectivity index (χ1n) is 4.04. The second kappa shape index (κ2) is 3.26. The Bertz CT molecular complexity index is 382. The zero-order valence-corrected chi connectivity index (χ0v) is 7.94. The Morgan fingerprint density at radius 3 is 2.07 bits per heavy atom. The molecule has 1 aromatic carbocycles. The maximum atomic E-state index is 13.0. The summed E-state index contributed by atoms with van der Waals surface area (Å²) in [6.07, 6.45) is 0. The van der Waals surface area contributed by atoms with E-state index in [9.17, 15) is 8.78 Å². The van der Waals surface area contributed by atoms with Crippen molar-refractivity contribution < 1.29 is 8.78 Å². The maximum Gasteiger partial charge on any atom is 0.149 e. The lowest BCUT2D eigenvalue weighted by molar-refractivity contribution is 0.575. The average molecular weight is 196 g/mol. The minimum absolute atomic E-state index is 0.282. The van der Waals surface area contributed by atoms with E-state index in [-0.39, 0.29) is 5.56 Å². The van der Waals surface area contributed by atoms with E-state index in [1.807, 2.05) is 6.07 Å². The molecular formula is C10H10F2N2. The first kappa shape index (κ1) is 10.5. The lowest BCUT2D eigenvalue weighted by Crippen LogP contribution is -2.15. The molecule has 0 heterocycles. The van der Waals surface area contributed by atoms with Crippen LogP contribution in [0.5, 0.6) is 0 Å². The molecule has 14 heavy (non-hydrogen) atoms. The van der Waals surface area contributed by atoms with E-state index in [1.54, 1.807) is 13.8 Å². The van der Waals surface area contributed by atoms with Gasteiger partial charge in [0, 0.05) is 0 Å². The number of halogens is 2. The lowest BCUT2D eigenvalue weighted by atomic mass is 9.86. The van der Waals surface area contributed by atoms with Crippen molar-refractivity contribution in [3.63, 3.8) is 0 Å². The second-order valence-electron chi connectivity index (χ2n) is 3.59. The van der Waals surface area contributed by atoms with Crippen molar-refractivity contribution in [2.75, 3.05) is 5.73 Å². The molecule has 1 aromatic rings. The van der Waals surface area contributed by atoms with E-state index < -0.39 is 22.7 Å². The molecule has 4 heteroatoms. The smallest absolute Gasteiger partial charge is 0.149 e. The van der Waals surface area contributed by atoms with Gasteiger partial charge in [0.1, 0.15) is 17.3 Å². The fraction of sp³-hybridized carbons (Fsp3) is 0.300. The van der Waals surface area contributed by atoms with Crippen LogP contribution in [0.1, 0.15) is 19.4 Å². The van der Waals surface area contributed by atoms with Crippen molar-refractivity contribution in [2.24, 2.45) is 0 Å². The molecule has 0 bridgehead atoms. The predicted octanol–water partition coefficient (Wildman–Crippen LogP) is 2.35. The molecule has 0 saturated carbocycles. The molecule has 0 fully saturated rings. The molecule has 2 nitrogen and oxygen atoms in total. The van der Waals surface area contributed by atoms with Gasteiger partial charge in [0.25, 0.3) is 0 Å². The Labute approximate surface area is 81.0 Å². The van der Waals surface area contributed by atoms with E-state index in [0.717, 1.165) is 12.1 Å². The maximum absolute atomic E-state index is 13.0. The number of anilines is 1. The summed E-state index contributed by atoms with van der Waals surface area (Å²) < 4.78 is 26.1. The predicted molar refractivity (Wildman–Crippen MR) is 49.4 cm³/mol. The van der Waals surface area contributed by atoms with Gasteiger partial charge >= 0.3 is 0 Å². The number of rotatable bonds is 1. The van der Waals surface area contributed by atoms with Crippen LogP contribution in [0.2, 0.25) is 0 Å². The van der Waals surface area contributed by atoms with Gasteiger partial charge in [0.2, 0.25) is 0 Å². The fourth-order valence-corrected chi connectivity index (χ4v) is 1.01. The second-order valence-corrected chi connectivity index (χ2v) is 3.59. The van der Waals surface area contributed by atoms with E-state index in [2.05, 4.69) is 0 Å². The van der Waals surface area contributed by atoms with Crippen LogP contribution in [0.25, 0.3) is 0 Å². The van der Waals surface area contributed by atoms with Crippen molar-refractivity contribution in [1.82, 2.24) is 0 Å². The number of nitrogens with zero attached hydrogens (tertiary/aromatic N) is 1. The van der Waals surface area contributed by atoms with Crippen LogP contribution < -0.4 is 5.73 Å². The lowest BCUT2D eigenvalue weighted by Gasteiger charge is -2.16. The first-order valence-corrected chi connectivity index (χ1v) is 4.04. The minimum atomic E-state index is -0.921. The van der Waals surface area contributed by atoms with Gasteiger partial charge in [-0.25, -0.2) is 8.78 Å². The van der Waals surface area contributed by atoms with E-state index >= 15 is 0 Å². The van der Waals surface area contributed by atoms with Crippen LogP contribution in [-0.2, 0) is 5.41 Å². The largest absolute Gasteiger partial charge is 0.394 e. The van der Waals surface area contributed by atoms with Crippen molar-refractivity contribution in [3.8, 4) is 6.07 Å². The Morgan fingerprint density at radius 1 is 1.29 bits per heavy atom. The summed E-state index contributed by atoms with van der Waals surface area (Å²) in [4.78, 5) is 0. The number of nitriles is 1. The van der Waals surface area contributed by atoms with Crippen LogP contribution in [0.15, 0.2) is 12.1 Å². The Hall–Kier alpha value is -1.63. The van der Waals surface area contributed by atoms with Crippen LogP contribution in [0.4, 0.5) is 14.5 Å². The summed E-state index contributed by atoms with van der Waals surface area (Å²) >= 11 is 0. The van der Waals surface area contributed by atoms with Gasteiger partial charge in [-0.15, -0.1) is 0 Å². The molecule has 0 spiro atoms. The van der Waals surface area contributed by atoms with Gasteiger partial charge in [0.05, 0.1) is 11.5 Å². The topological polar surface area (TPSA) is 49.8 Å². The van der Waals surface area contributed by atoms with Crippen LogP contribution >= 0.6 is 0 Å². The quantitative estimate of drug-likeness (QED) is 0.701. The van der Waals surface area contributed by atoms with Crippen LogP contribution in [0, 0.1) is 23.0 Å². The van der Waals surface area contributed by atoms with Crippen molar-refractivity contribution in [1.29, 1.82) is 5.26 Å². The van der Waals surface area contributed by atoms with Crippen molar-refractivity contribution in [2.45, 2.75) is 19.3 Å². The summed E-state index contributed by atoms with van der Waals surface area (Å²) in [5, 5.41) is 8.77. The third kappa shape index (κ3) is 1.67. The van der Waals surface area contributed by atoms with Crippen LogP contribution in [0.3, 0.4) is 0 Å². The molecule has 0 aromatic heterocycles. The molecule has 0 radical (unpaired) electrons. The van der Waals surface area contributed by atoms with Gasteiger partial charge in [-0.05, 0) is 31.5 Å². The molecule has 2 N–H and O–H groups in total. The fourth-order valence-electron chi connectivity index (χ4n) is 1.01. The molecule has 0 unspecified atom stereocenters. The van der Waals surface area contributed by atoms with Gasteiger partial charge in [-0.1, -0.05) is 0 Å². The van der Waals surface area contributed by atoms with Crippen molar-refractivity contribution >= 4 is 5.69 Å². The monoisotopic (exact) mass is 196 g/mol. The summed E-state index contributed by atoms with van der Waals surface area (Å²) in [6.45, 7) is 3.16. The van der Waals surface area contributed by atoms with Crippen molar-refractivity contribution in [3.05, 3.63) is 29.3 Å². The van der Waals surface area contributed by atoms with Gasteiger partial charge in [-0.2, -0.15) is 5.26 Å². The molecule has 0 atom stereocenters. The molecule has 74 valence electrons. The highest BCUT2D eigenvalue weighted by Gasteiger charge is 2.22. The Kier molecular flexibility index (Phi) is 2.43. The van der Waals surface area contributed by atoms with Gasteiger partial charge in [0.15, 0.2) is 0 Å². The highest BCUT2D eigenvalue weighted by Crippen LogP contribution is 2.26. The van der Waals surface area contributed by atoms with Gasteiger partial charge < -0.3 is 5.73 Å². The third-order valence-electron chi connectivity index (χ3n) is 2.08. The van der Waals surface area contributed by atoms with Gasteiger partial charge in [-0.3, -0.25) is 0 Å². The Balaban J connectivity index is 3.35. The number of hydrogen-bond acceptors (Lipinski definition) is 2. The molecule has 0 aliphatic heterocycles. The number of nitrogen functional groups attached to an aromatic ring is 1. The van der Waals surface area contributed by atoms with E-state index in [0.29, 0.717) is 0 Å². The SMILES string of the molecule is CC(C)(C#N)c1cc(F)c(N)c(F)c1. The zero-order valence-electron chi connectivity index (χ0n) is 7.94. The molecule has 0 aliphatic carbocycles.